The molecule has 1 rings (SSSR count). The predicted molar refractivity (Wildman–Crippen MR) is 63.3 cm³/mol. The van der Waals surface area contributed by atoms with E-state index in [0.717, 1.165) is 16.7 Å². The van der Waals surface area contributed by atoms with Crippen molar-refractivity contribution in [2.24, 2.45) is 5.73 Å². The number of rotatable bonds is 3. The predicted octanol–water partition coefficient (Wildman–Crippen LogP) is 1.64. The molecule has 4 nitrogen and oxygen atoms in total. The van der Waals surface area contributed by atoms with Gasteiger partial charge in [-0.3, -0.25) is 5.41 Å². The molecule has 2 atom stereocenters. The summed E-state index contributed by atoms with van der Waals surface area (Å²) < 4.78 is 4.96. The first-order valence-electron chi connectivity index (χ1n) is 5.17. The van der Waals surface area contributed by atoms with E-state index in [0.29, 0.717) is 0 Å². The molecule has 0 bridgehead atoms. The maximum Gasteiger partial charge on any atom is 0.279 e. The lowest BCUT2D eigenvalue weighted by molar-refractivity contribution is 0.0370. The van der Waals surface area contributed by atoms with Gasteiger partial charge in [-0.1, -0.05) is 23.8 Å². The third kappa shape index (κ3) is 2.97. The molecule has 1 aromatic carbocycles. The Morgan fingerprint density at radius 2 is 2.06 bits per heavy atom. The van der Waals surface area contributed by atoms with Crippen molar-refractivity contribution in [1.29, 1.82) is 5.41 Å². The van der Waals surface area contributed by atoms with E-state index in [1.165, 1.54) is 0 Å². The molecule has 0 saturated carbocycles. The number of hydrogen-bond acceptors (Lipinski definition) is 3. The van der Waals surface area contributed by atoms with Crippen molar-refractivity contribution in [3.8, 4) is 0 Å². The van der Waals surface area contributed by atoms with Gasteiger partial charge in [0.05, 0.1) is 0 Å². The SMILES string of the molecule is Cc1ccc([C@H](O)[C@H](C)OC(=N)N)c(C)c1. The monoisotopic (exact) mass is 222 g/mol. The molecule has 4 heteroatoms. The molecule has 0 fully saturated rings. The van der Waals surface area contributed by atoms with E-state index in [1.807, 2.05) is 32.0 Å². The molecule has 0 radical (unpaired) electrons. The summed E-state index contributed by atoms with van der Waals surface area (Å²) in [5.41, 5.74) is 8.08. The Kier molecular flexibility index (Phi) is 3.90. The van der Waals surface area contributed by atoms with Crippen molar-refractivity contribution >= 4 is 6.02 Å². The second kappa shape index (κ2) is 4.99. The van der Waals surface area contributed by atoms with Crippen LogP contribution in [0.15, 0.2) is 18.2 Å². The van der Waals surface area contributed by atoms with E-state index in [4.69, 9.17) is 15.9 Å². The lowest BCUT2D eigenvalue weighted by Crippen LogP contribution is -2.26. The number of hydrogen-bond donors (Lipinski definition) is 3. The normalized spacial score (nSPS) is 14.2. The smallest absolute Gasteiger partial charge is 0.279 e. The molecule has 4 N–H and O–H groups in total. The van der Waals surface area contributed by atoms with Gasteiger partial charge in [0.15, 0.2) is 0 Å². The first-order chi connectivity index (χ1) is 7.41. The first-order valence-corrected chi connectivity index (χ1v) is 5.17. The molecule has 88 valence electrons. The summed E-state index contributed by atoms with van der Waals surface area (Å²) in [6.45, 7) is 5.62. The van der Waals surface area contributed by atoms with Crippen molar-refractivity contribution < 1.29 is 9.84 Å². The van der Waals surface area contributed by atoms with Gasteiger partial charge in [-0.15, -0.1) is 0 Å². The molecule has 0 saturated heterocycles. The number of aliphatic hydroxyl groups is 1. The van der Waals surface area contributed by atoms with Crippen LogP contribution in [-0.2, 0) is 4.74 Å². The van der Waals surface area contributed by atoms with E-state index in [1.54, 1.807) is 6.92 Å². The maximum absolute atomic E-state index is 10.0. The van der Waals surface area contributed by atoms with Crippen LogP contribution in [0.4, 0.5) is 0 Å². The van der Waals surface area contributed by atoms with E-state index in [2.05, 4.69) is 0 Å². The molecule has 0 unspecified atom stereocenters. The quantitative estimate of drug-likeness (QED) is 0.537. The molecule has 1 aromatic rings. The van der Waals surface area contributed by atoms with Crippen molar-refractivity contribution in [1.82, 2.24) is 0 Å². The zero-order valence-electron chi connectivity index (χ0n) is 9.82. The number of amidine groups is 1. The number of aliphatic hydroxyl groups excluding tert-OH is 1. The number of aryl methyl sites for hydroxylation is 2. The number of ether oxygens (including phenoxy) is 1. The molecule has 16 heavy (non-hydrogen) atoms. The second-order valence-corrected chi connectivity index (χ2v) is 3.99. The highest BCUT2D eigenvalue weighted by atomic mass is 16.5. The summed E-state index contributed by atoms with van der Waals surface area (Å²) in [6.07, 6.45) is -1.30. The summed E-state index contributed by atoms with van der Waals surface area (Å²) in [6, 6.07) is 5.43. The molecule has 0 heterocycles. The molecular formula is C12H18N2O2. The fraction of sp³-hybridized carbons (Fsp3) is 0.417. The van der Waals surface area contributed by atoms with Crippen LogP contribution in [0.1, 0.15) is 29.7 Å². The average Bonchev–Trinajstić information content (AvgIpc) is 2.15. The minimum atomic E-state index is -0.774. The van der Waals surface area contributed by atoms with E-state index >= 15 is 0 Å². The summed E-state index contributed by atoms with van der Waals surface area (Å²) in [5, 5.41) is 17.0. The molecule has 0 amide bonds. The van der Waals surface area contributed by atoms with Gasteiger partial charge in [0.25, 0.3) is 6.02 Å². The lowest BCUT2D eigenvalue weighted by Gasteiger charge is -2.21. The third-order valence-electron chi connectivity index (χ3n) is 2.50. The maximum atomic E-state index is 10.0. The fourth-order valence-electron chi connectivity index (χ4n) is 1.68. The van der Waals surface area contributed by atoms with Gasteiger partial charge in [0.1, 0.15) is 12.2 Å². The largest absolute Gasteiger partial charge is 0.459 e. The molecule has 0 aromatic heterocycles. The van der Waals surface area contributed by atoms with Crippen LogP contribution in [0.5, 0.6) is 0 Å². The fourth-order valence-corrected chi connectivity index (χ4v) is 1.68. The van der Waals surface area contributed by atoms with Crippen molar-refractivity contribution in [2.75, 3.05) is 0 Å². The summed E-state index contributed by atoms with van der Waals surface area (Å²) in [5.74, 6) is 0. The Balaban J connectivity index is 2.87. The molecule has 0 spiro atoms. The van der Waals surface area contributed by atoms with Crippen molar-refractivity contribution in [3.63, 3.8) is 0 Å². The Morgan fingerprint density at radius 3 is 2.56 bits per heavy atom. The highest BCUT2D eigenvalue weighted by molar-refractivity contribution is 5.67. The topological polar surface area (TPSA) is 79.3 Å². The first kappa shape index (κ1) is 12.5. The van der Waals surface area contributed by atoms with Crippen LogP contribution in [0, 0.1) is 19.3 Å². The molecule has 0 aliphatic heterocycles. The van der Waals surface area contributed by atoms with Gasteiger partial charge < -0.3 is 15.6 Å². The Hall–Kier alpha value is -1.55. The zero-order chi connectivity index (χ0) is 12.3. The van der Waals surface area contributed by atoms with Gasteiger partial charge in [-0.05, 0) is 31.9 Å². The van der Waals surface area contributed by atoms with Gasteiger partial charge in [0.2, 0.25) is 0 Å². The second-order valence-electron chi connectivity index (χ2n) is 3.99. The summed E-state index contributed by atoms with van der Waals surface area (Å²) in [4.78, 5) is 0. The standard InChI is InChI=1S/C12H18N2O2/c1-7-4-5-10(8(2)6-7)11(15)9(3)16-12(13)14/h4-6,9,11,15H,1-3H3,(H3,13,14)/t9-,11+/m0/s1. The number of nitrogens with one attached hydrogen (secondary N) is 1. The minimum absolute atomic E-state index is 0.378. The summed E-state index contributed by atoms with van der Waals surface area (Å²) >= 11 is 0. The van der Waals surface area contributed by atoms with Crippen LogP contribution in [0.25, 0.3) is 0 Å². The molecular weight excluding hydrogens is 204 g/mol. The van der Waals surface area contributed by atoms with Gasteiger partial charge in [-0.2, -0.15) is 0 Å². The van der Waals surface area contributed by atoms with Gasteiger partial charge >= 0.3 is 0 Å². The highest BCUT2D eigenvalue weighted by Crippen LogP contribution is 2.23. The average molecular weight is 222 g/mol. The third-order valence-corrected chi connectivity index (χ3v) is 2.50. The van der Waals surface area contributed by atoms with Crippen LogP contribution in [-0.4, -0.2) is 17.2 Å². The van der Waals surface area contributed by atoms with Gasteiger partial charge in [-0.25, -0.2) is 0 Å². The lowest BCUT2D eigenvalue weighted by atomic mass is 9.98. The Morgan fingerprint density at radius 1 is 1.44 bits per heavy atom. The Labute approximate surface area is 95.6 Å². The highest BCUT2D eigenvalue weighted by Gasteiger charge is 2.19. The number of nitrogens with two attached hydrogens (primary N) is 1. The molecule has 0 aliphatic carbocycles. The van der Waals surface area contributed by atoms with Crippen molar-refractivity contribution in [2.45, 2.75) is 33.0 Å². The number of benzene rings is 1. The van der Waals surface area contributed by atoms with Crippen LogP contribution in [0.2, 0.25) is 0 Å². The van der Waals surface area contributed by atoms with E-state index < -0.39 is 12.2 Å². The Bertz CT molecular complexity index is 391. The van der Waals surface area contributed by atoms with Crippen LogP contribution >= 0.6 is 0 Å². The van der Waals surface area contributed by atoms with E-state index in [-0.39, 0.29) is 6.02 Å². The molecule has 0 aliphatic rings. The zero-order valence-corrected chi connectivity index (χ0v) is 9.82. The van der Waals surface area contributed by atoms with Crippen LogP contribution in [0.3, 0.4) is 0 Å². The van der Waals surface area contributed by atoms with Crippen molar-refractivity contribution in [3.05, 3.63) is 34.9 Å². The van der Waals surface area contributed by atoms with Gasteiger partial charge in [0, 0.05) is 0 Å². The minimum Gasteiger partial charge on any atom is -0.459 e. The van der Waals surface area contributed by atoms with Crippen LogP contribution < -0.4 is 5.73 Å². The van der Waals surface area contributed by atoms with E-state index in [9.17, 15) is 5.11 Å². The summed E-state index contributed by atoms with van der Waals surface area (Å²) in [7, 11) is 0.